The monoisotopic (exact) mass is 383 g/mol. The molecule has 0 radical (unpaired) electrons. The number of alkyl halides is 3. The molecule has 138 valence electrons. The van der Waals surface area contributed by atoms with Crippen LogP contribution in [0.25, 0.3) is 0 Å². The molecule has 0 heterocycles. The van der Waals surface area contributed by atoms with Crippen molar-refractivity contribution in [3.63, 3.8) is 0 Å². The average molecular weight is 383 g/mol. The Morgan fingerprint density at radius 1 is 1.15 bits per heavy atom. The van der Waals surface area contributed by atoms with Crippen LogP contribution in [-0.2, 0) is 15.7 Å². The molecule has 0 aliphatic heterocycles. The molecule has 0 unspecified atom stereocenters. The minimum Gasteiger partial charge on any atom is -0.465 e. The second kappa shape index (κ2) is 8.27. The lowest BCUT2D eigenvalue weighted by atomic mass is 10.1. The Bertz CT molecular complexity index is 822. The molecule has 0 saturated heterocycles. The molecular formula is C18H16F3NO3S. The van der Waals surface area contributed by atoms with Crippen molar-refractivity contribution in [3.8, 4) is 0 Å². The lowest BCUT2D eigenvalue weighted by Gasteiger charge is -2.10. The highest BCUT2D eigenvalue weighted by Gasteiger charge is 2.30. The second-order valence-electron chi connectivity index (χ2n) is 5.38. The van der Waals surface area contributed by atoms with E-state index in [0.717, 1.165) is 23.9 Å². The van der Waals surface area contributed by atoms with Gasteiger partial charge in [0.2, 0.25) is 5.91 Å². The van der Waals surface area contributed by atoms with Gasteiger partial charge in [-0.15, -0.1) is 11.8 Å². The number of carbonyl (C=O) groups is 2. The van der Waals surface area contributed by atoms with E-state index < -0.39 is 17.7 Å². The molecule has 0 aliphatic carbocycles. The van der Waals surface area contributed by atoms with Crippen LogP contribution in [0.5, 0.6) is 0 Å². The van der Waals surface area contributed by atoms with E-state index in [4.69, 9.17) is 0 Å². The molecule has 0 spiro atoms. The highest BCUT2D eigenvalue weighted by Crippen LogP contribution is 2.31. The third-order valence-corrected chi connectivity index (χ3v) is 4.45. The quantitative estimate of drug-likeness (QED) is 0.609. The predicted molar refractivity (Wildman–Crippen MR) is 93.3 cm³/mol. The minimum atomic E-state index is -4.42. The smallest absolute Gasteiger partial charge is 0.416 e. The van der Waals surface area contributed by atoms with Crippen LogP contribution in [0, 0.1) is 6.92 Å². The van der Waals surface area contributed by atoms with Gasteiger partial charge in [-0.1, -0.05) is 6.07 Å². The van der Waals surface area contributed by atoms with Gasteiger partial charge in [-0.3, -0.25) is 4.79 Å². The number of halogens is 3. The number of benzene rings is 2. The Labute approximate surface area is 152 Å². The van der Waals surface area contributed by atoms with Gasteiger partial charge >= 0.3 is 12.1 Å². The molecule has 0 bridgehead atoms. The summed E-state index contributed by atoms with van der Waals surface area (Å²) < 4.78 is 42.7. The fourth-order valence-corrected chi connectivity index (χ4v) is 2.90. The summed E-state index contributed by atoms with van der Waals surface area (Å²) in [6, 6.07) is 9.50. The first-order chi connectivity index (χ1) is 12.2. The molecule has 1 amide bonds. The first kappa shape index (κ1) is 19.8. The van der Waals surface area contributed by atoms with E-state index in [0.29, 0.717) is 21.7 Å². The van der Waals surface area contributed by atoms with Crippen LogP contribution in [0.1, 0.15) is 21.5 Å². The lowest BCUT2D eigenvalue weighted by Crippen LogP contribution is -2.15. The van der Waals surface area contributed by atoms with Crippen LogP contribution in [-0.4, -0.2) is 24.7 Å². The van der Waals surface area contributed by atoms with Crippen LogP contribution in [0.15, 0.2) is 47.4 Å². The molecule has 0 atom stereocenters. The van der Waals surface area contributed by atoms with Crippen molar-refractivity contribution >= 4 is 29.3 Å². The first-order valence-electron chi connectivity index (χ1n) is 7.49. The molecule has 2 aromatic rings. The molecule has 26 heavy (non-hydrogen) atoms. The number of methoxy groups -OCH3 is 1. The van der Waals surface area contributed by atoms with Crippen LogP contribution >= 0.6 is 11.8 Å². The Kier molecular flexibility index (Phi) is 6.31. The minimum absolute atomic E-state index is 0.0422. The van der Waals surface area contributed by atoms with Crippen LogP contribution < -0.4 is 5.32 Å². The summed E-state index contributed by atoms with van der Waals surface area (Å²) in [7, 11) is 1.28. The summed E-state index contributed by atoms with van der Waals surface area (Å²) in [4.78, 5) is 23.9. The molecule has 0 aliphatic rings. The predicted octanol–water partition coefficient (Wildman–Crippen LogP) is 4.53. The number of rotatable bonds is 5. The zero-order chi connectivity index (χ0) is 19.3. The second-order valence-corrected chi connectivity index (χ2v) is 6.43. The third-order valence-electron chi connectivity index (χ3n) is 3.45. The standard InChI is InChI=1S/C18H16F3NO3S/c1-11-8-12(17(24)25-2)6-7-15(11)22-16(23)10-26-14-5-3-4-13(9-14)18(19,20)21/h3-9H,10H2,1-2H3,(H,22,23). The Morgan fingerprint density at radius 2 is 1.88 bits per heavy atom. The molecule has 0 aromatic heterocycles. The van der Waals surface area contributed by atoms with Crippen LogP contribution in [0.3, 0.4) is 0 Å². The van der Waals surface area contributed by atoms with E-state index in [-0.39, 0.29) is 11.7 Å². The van der Waals surface area contributed by atoms with Crippen LogP contribution in [0.2, 0.25) is 0 Å². The number of ether oxygens (including phenoxy) is 1. The fraction of sp³-hybridized carbons (Fsp3) is 0.222. The van der Waals surface area contributed by atoms with Crippen molar-refractivity contribution in [2.45, 2.75) is 18.0 Å². The van der Waals surface area contributed by atoms with Gasteiger partial charge in [-0.25, -0.2) is 4.79 Å². The number of amides is 1. The van der Waals surface area contributed by atoms with Gasteiger partial charge in [0.15, 0.2) is 0 Å². The highest BCUT2D eigenvalue weighted by molar-refractivity contribution is 8.00. The van der Waals surface area contributed by atoms with Gasteiger partial charge in [0, 0.05) is 10.6 Å². The molecule has 1 N–H and O–H groups in total. The Balaban J connectivity index is 1.98. The maximum Gasteiger partial charge on any atom is 0.416 e. The summed E-state index contributed by atoms with van der Waals surface area (Å²) in [5.41, 5.74) is 0.802. The zero-order valence-electron chi connectivity index (χ0n) is 14.0. The average Bonchev–Trinajstić information content (AvgIpc) is 2.60. The van der Waals surface area contributed by atoms with E-state index in [1.807, 2.05) is 0 Å². The van der Waals surface area contributed by atoms with Crippen LogP contribution in [0.4, 0.5) is 18.9 Å². The van der Waals surface area contributed by atoms with E-state index >= 15 is 0 Å². The molecular weight excluding hydrogens is 367 g/mol. The molecule has 8 heteroatoms. The van der Waals surface area contributed by atoms with E-state index in [1.54, 1.807) is 19.1 Å². The number of anilines is 1. The normalized spacial score (nSPS) is 11.1. The number of aryl methyl sites for hydroxylation is 1. The number of carbonyl (C=O) groups excluding carboxylic acids is 2. The Morgan fingerprint density at radius 3 is 2.50 bits per heavy atom. The zero-order valence-corrected chi connectivity index (χ0v) is 14.8. The molecule has 2 aromatic carbocycles. The van der Waals surface area contributed by atoms with Crippen molar-refractivity contribution in [2.75, 3.05) is 18.2 Å². The van der Waals surface area contributed by atoms with Gasteiger partial charge in [-0.05, 0) is 48.9 Å². The number of hydrogen-bond acceptors (Lipinski definition) is 4. The van der Waals surface area contributed by atoms with Gasteiger partial charge in [0.05, 0.1) is 24.0 Å². The van der Waals surface area contributed by atoms with E-state index in [9.17, 15) is 22.8 Å². The van der Waals surface area contributed by atoms with Gasteiger partial charge in [-0.2, -0.15) is 13.2 Å². The number of nitrogens with one attached hydrogen (secondary N) is 1. The SMILES string of the molecule is COC(=O)c1ccc(NC(=O)CSc2cccc(C(F)(F)F)c2)c(C)c1. The van der Waals surface area contributed by atoms with Gasteiger partial charge in [0.25, 0.3) is 0 Å². The number of hydrogen-bond donors (Lipinski definition) is 1. The van der Waals surface area contributed by atoms with Crippen molar-refractivity contribution in [2.24, 2.45) is 0 Å². The van der Waals surface area contributed by atoms with E-state index in [2.05, 4.69) is 10.1 Å². The molecule has 2 rings (SSSR count). The lowest BCUT2D eigenvalue weighted by molar-refractivity contribution is -0.137. The summed E-state index contributed by atoms with van der Waals surface area (Å²) in [6.07, 6.45) is -4.42. The van der Waals surface area contributed by atoms with Crippen molar-refractivity contribution in [1.82, 2.24) is 0 Å². The van der Waals surface area contributed by atoms with Gasteiger partial charge < -0.3 is 10.1 Å². The summed E-state index contributed by atoms with van der Waals surface area (Å²) in [5, 5.41) is 2.68. The summed E-state index contributed by atoms with van der Waals surface area (Å²) in [5.74, 6) is -0.883. The van der Waals surface area contributed by atoms with E-state index in [1.165, 1.54) is 25.3 Å². The van der Waals surface area contributed by atoms with Crippen molar-refractivity contribution < 1.29 is 27.5 Å². The topological polar surface area (TPSA) is 55.4 Å². The molecule has 0 saturated carbocycles. The van der Waals surface area contributed by atoms with Crippen molar-refractivity contribution in [1.29, 1.82) is 0 Å². The molecule has 4 nitrogen and oxygen atoms in total. The maximum absolute atomic E-state index is 12.7. The largest absolute Gasteiger partial charge is 0.465 e. The van der Waals surface area contributed by atoms with Crippen molar-refractivity contribution in [3.05, 3.63) is 59.2 Å². The third kappa shape index (κ3) is 5.26. The van der Waals surface area contributed by atoms with Gasteiger partial charge in [0.1, 0.15) is 0 Å². The maximum atomic E-state index is 12.7. The first-order valence-corrected chi connectivity index (χ1v) is 8.48. The summed E-state index contributed by atoms with van der Waals surface area (Å²) >= 11 is 1.01. The number of thioether (sulfide) groups is 1. The molecule has 0 fully saturated rings. The number of esters is 1. The highest BCUT2D eigenvalue weighted by atomic mass is 32.2. The Hall–Kier alpha value is -2.48. The summed E-state index contributed by atoms with van der Waals surface area (Å²) in [6.45, 7) is 1.72. The fourth-order valence-electron chi connectivity index (χ4n) is 2.15.